The van der Waals surface area contributed by atoms with E-state index in [2.05, 4.69) is 5.32 Å². The third-order valence-electron chi connectivity index (χ3n) is 3.51. The van der Waals surface area contributed by atoms with Crippen molar-refractivity contribution in [3.63, 3.8) is 0 Å². The Bertz CT molecular complexity index is 353. The number of carbonyl (C=O) groups excluding carboxylic acids is 2. The van der Waals surface area contributed by atoms with Crippen molar-refractivity contribution in [1.29, 1.82) is 0 Å². The topological polar surface area (TPSA) is 86.7 Å². The van der Waals surface area contributed by atoms with Gasteiger partial charge in [-0.15, -0.1) is 0 Å². The summed E-state index contributed by atoms with van der Waals surface area (Å²) in [6.07, 6.45) is 1.22. The monoisotopic (exact) mass is 286 g/mol. The lowest BCUT2D eigenvalue weighted by Gasteiger charge is -2.24. The van der Waals surface area contributed by atoms with Crippen LogP contribution in [0.5, 0.6) is 0 Å². The lowest BCUT2D eigenvalue weighted by molar-refractivity contribution is -0.147. The predicted molar refractivity (Wildman–Crippen MR) is 76.3 cm³/mol. The molecular weight excluding hydrogens is 260 g/mol. The SMILES string of the molecule is CCN(CC)C(=O)CCCC(=O)NC(C)(CC)C(=O)O. The molecule has 20 heavy (non-hydrogen) atoms. The molecule has 116 valence electrons. The van der Waals surface area contributed by atoms with Gasteiger partial charge in [0.15, 0.2) is 0 Å². The normalized spacial score (nSPS) is 13.4. The maximum absolute atomic E-state index is 11.7. The molecule has 0 saturated carbocycles. The van der Waals surface area contributed by atoms with Crippen molar-refractivity contribution in [2.24, 2.45) is 0 Å². The fourth-order valence-corrected chi connectivity index (χ4v) is 1.80. The molecule has 0 radical (unpaired) electrons. The minimum atomic E-state index is -1.24. The number of carbonyl (C=O) groups is 3. The van der Waals surface area contributed by atoms with Crippen molar-refractivity contribution in [2.75, 3.05) is 13.1 Å². The highest BCUT2D eigenvalue weighted by Crippen LogP contribution is 2.10. The standard InChI is InChI=1S/C14H26N2O4/c1-5-14(4,13(19)20)15-11(17)9-8-10-12(18)16(6-2)7-3/h5-10H2,1-4H3,(H,15,17)(H,19,20). The summed E-state index contributed by atoms with van der Waals surface area (Å²) in [4.78, 5) is 36.2. The van der Waals surface area contributed by atoms with Crippen LogP contribution in [0.2, 0.25) is 0 Å². The molecule has 1 atom stereocenters. The Balaban J connectivity index is 4.18. The Morgan fingerprint density at radius 3 is 2.05 bits per heavy atom. The number of hydrogen-bond acceptors (Lipinski definition) is 3. The fourth-order valence-electron chi connectivity index (χ4n) is 1.80. The zero-order valence-corrected chi connectivity index (χ0v) is 12.9. The molecule has 1 unspecified atom stereocenters. The maximum Gasteiger partial charge on any atom is 0.329 e. The first-order valence-corrected chi connectivity index (χ1v) is 7.12. The van der Waals surface area contributed by atoms with Crippen molar-refractivity contribution < 1.29 is 19.5 Å². The molecule has 6 nitrogen and oxygen atoms in total. The second-order valence-corrected chi connectivity index (χ2v) is 4.96. The minimum absolute atomic E-state index is 0.0271. The maximum atomic E-state index is 11.7. The van der Waals surface area contributed by atoms with Crippen LogP contribution in [0.25, 0.3) is 0 Å². The van der Waals surface area contributed by atoms with Gasteiger partial charge in [-0.25, -0.2) is 4.79 Å². The van der Waals surface area contributed by atoms with Crippen molar-refractivity contribution in [3.05, 3.63) is 0 Å². The van der Waals surface area contributed by atoms with Crippen LogP contribution in [0.4, 0.5) is 0 Å². The quantitative estimate of drug-likeness (QED) is 0.670. The number of carboxylic acids is 1. The molecule has 0 heterocycles. The molecule has 6 heteroatoms. The summed E-state index contributed by atoms with van der Waals surface area (Å²) >= 11 is 0. The van der Waals surface area contributed by atoms with Crippen LogP contribution >= 0.6 is 0 Å². The van der Waals surface area contributed by atoms with E-state index in [9.17, 15) is 14.4 Å². The lowest BCUT2D eigenvalue weighted by Crippen LogP contribution is -2.51. The highest BCUT2D eigenvalue weighted by atomic mass is 16.4. The average molecular weight is 286 g/mol. The first-order valence-electron chi connectivity index (χ1n) is 7.12. The third-order valence-corrected chi connectivity index (χ3v) is 3.51. The van der Waals surface area contributed by atoms with Crippen LogP contribution in [0.15, 0.2) is 0 Å². The summed E-state index contributed by atoms with van der Waals surface area (Å²) in [5.41, 5.74) is -1.24. The van der Waals surface area contributed by atoms with Crippen LogP contribution in [0.3, 0.4) is 0 Å². The van der Waals surface area contributed by atoms with E-state index in [0.29, 0.717) is 32.4 Å². The molecule has 0 rings (SSSR count). The zero-order chi connectivity index (χ0) is 15.8. The third kappa shape index (κ3) is 5.59. The van der Waals surface area contributed by atoms with Gasteiger partial charge in [0.25, 0.3) is 0 Å². The van der Waals surface area contributed by atoms with E-state index in [1.807, 2.05) is 13.8 Å². The Labute approximate surface area is 120 Å². The van der Waals surface area contributed by atoms with E-state index < -0.39 is 11.5 Å². The first-order chi connectivity index (χ1) is 9.30. The fraction of sp³-hybridized carbons (Fsp3) is 0.786. The number of nitrogens with one attached hydrogen (secondary N) is 1. The van der Waals surface area contributed by atoms with Gasteiger partial charge in [0.1, 0.15) is 5.54 Å². The van der Waals surface area contributed by atoms with Gasteiger partial charge in [-0.1, -0.05) is 6.92 Å². The first kappa shape index (κ1) is 18.4. The number of aliphatic carboxylic acids is 1. The smallest absolute Gasteiger partial charge is 0.329 e. The number of amides is 2. The van der Waals surface area contributed by atoms with Crippen LogP contribution < -0.4 is 5.32 Å². The van der Waals surface area contributed by atoms with Crippen LogP contribution in [0, 0.1) is 0 Å². The van der Waals surface area contributed by atoms with Gasteiger partial charge in [0, 0.05) is 25.9 Å². The van der Waals surface area contributed by atoms with E-state index in [1.165, 1.54) is 6.92 Å². The Morgan fingerprint density at radius 2 is 1.65 bits per heavy atom. The van der Waals surface area contributed by atoms with Crippen molar-refractivity contribution in [3.8, 4) is 0 Å². The van der Waals surface area contributed by atoms with E-state index in [-0.39, 0.29) is 18.2 Å². The van der Waals surface area contributed by atoms with Gasteiger partial charge in [0.05, 0.1) is 0 Å². The van der Waals surface area contributed by atoms with Crippen LogP contribution in [-0.2, 0) is 14.4 Å². The summed E-state index contributed by atoms with van der Waals surface area (Å²) < 4.78 is 0. The van der Waals surface area contributed by atoms with Crippen LogP contribution in [0.1, 0.15) is 53.4 Å². The van der Waals surface area contributed by atoms with Gasteiger partial charge in [-0.3, -0.25) is 9.59 Å². The molecule has 0 aliphatic heterocycles. The predicted octanol–water partition coefficient (Wildman–Crippen LogP) is 1.39. The van der Waals surface area contributed by atoms with Gasteiger partial charge < -0.3 is 15.3 Å². The summed E-state index contributed by atoms with van der Waals surface area (Å²) in [7, 11) is 0. The Hall–Kier alpha value is -1.59. The second-order valence-electron chi connectivity index (χ2n) is 4.96. The second kappa shape index (κ2) is 8.55. The van der Waals surface area contributed by atoms with Crippen molar-refractivity contribution in [2.45, 2.75) is 58.9 Å². The van der Waals surface area contributed by atoms with E-state index in [0.717, 1.165) is 0 Å². The van der Waals surface area contributed by atoms with Crippen molar-refractivity contribution >= 4 is 17.8 Å². The van der Waals surface area contributed by atoms with E-state index in [4.69, 9.17) is 5.11 Å². The van der Waals surface area contributed by atoms with Crippen molar-refractivity contribution in [1.82, 2.24) is 10.2 Å². The van der Waals surface area contributed by atoms with Crippen LogP contribution in [-0.4, -0.2) is 46.4 Å². The molecule has 0 saturated heterocycles. The highest BCUT2D eigenvalue weighted by Gasteiger charge is 2.32. The minimum Gasteiger partial charge on any atom is -0.480 e. The number of rotatable bonds is 9. The summed E-state index contributed by atoms with van der Waals surface area (Å²) in [5.74, 6) is -1.35. The Morgan fingerprint density at radius 1 is 1.10 bits per heavy atom. The molecule has 0 bridgehead atoms. The summed E-state index contributed by atoms with van der Waals surface area (Å²) in [5, 5.41) is 11.6. The van der Waals surface area contributed by atoms with Gasteiger partial charge >= 0.3 is 5.97 Å². The lowest BCUT2D eigenvalue weighted by atomic mass is 9.99. The molecule has 2 N–H and O–H groups in total. The number of hydrogen-bond donors (Lipinski definition) is 2. The molecule has 0 spiro atoms. The molecule has 0 aromatic carbocycles. The average Bonchev–Trinajstić information content (AvgIpc) is 2.39. The summed E-state index contributed by atoms with van der Waals surface area (Å²) in [6.45, 7) is 8.33. The molecule has 0 aromatic rings. The van der Waals surface area contributed by atoms with Gasteiger partial charge in [-0.2, -0.15) is 0 Å². The zero-order valence-electron chi connectivity index (χ0n) is 12.9. The molecule has 0 aromatic heterocycles. The molecule has 2 amide bonds. The molecule has 0 aliphatic rings. The van der Waals surface area contributed by atoms with E-state index in [1.54, 1.807) is 11.8 Å². The van der Waals surface area contributed by atoms with Gasteiger partial charge in [-0.05, 0) is 33.6 Å². The number of nitrogens with zero attached hydrogens (tertiary/aromatic N) is 1. The number of carboxylic acid groups (broad SMARTS) is 1. The molecule has 0 fully saturated rings. The molecule has 0 aliphatic carbocycles. The molecular formula is C14H26N2O4. The van der Waals surface area contributed by atoms with Gasteiger partial charge in [0.2, 0.25) is 11.8 Å². The summed E-state index contributed by atoms with van der Waals surface area (Å²) in [6, 6.07) is 0. The van der Waals surface area contributed by atoms with E-state index >= 15 is 0 Å². The largest absolute Gasteiger partial charge is 0.480 e. The Kier molecular flexibility index (Phi) is 7.87. The highest BCUT2D eigenvalue weighted by molar-refractivity contribution is 5.86.